The Morgan fingerprint density at radius 2 is 1.50 bits per heavy atom. The molecule has 0 aliphatic carbocycles. The summed E-state index contributed by atoms with van der Waals surface area (Å²) < 4.78 is 29.9. The van der Waals surface area contributed by atoms with Gasteiger partial charge in [0.15, 0.2) is 12.4 Å². The molecule has 222 valence electrons. The lowest BCUT2D eigenvalue weighted by Crippen LogP contribution is -2.67. The molecule has 0 amide bonds. The van der Waals surface area contributed by atoms with Crippen molar-refractivity contribution >= 4 is 24.7 Å². The molecule has 6 nitrogen and oxygen atoms in total. The number of carbonyl (C=O) groups excluding carboxylic acids is 1. The van der Waals surface area contributed by atoms with Crippen molar-refractivity contribution in [3.05, 3.63) is 60.7 Å². The van der Waals surface area contributed by atoms with Gasteiger partial charge in [-0.3, -0.25) is 0 Å². The van der Waals surface area contributed by atoms with Crippen LogP contribution in [0.4, 0.5) is 0 Å². The van der Waals surface area contributed by atoms with E-state index in [1.165, 1.54) is 16.8 Å². The van der Waals surface area contributed by atoms with Crippen LogP contribution in [0.25, 0.3) is 0 Å². The van der Waals surface area contributed by atoms with E-state index in [1.807, 2.05) is 19.1 Å². The Balaban J connectivity index is 1.55. The van der Waals surface area contributed by atoms with E-state index in [4.69, 9.17) is 23.4 Å². The zero-order valence-electron chi connectivity index (χ0n) is 25.1. The lowest BCUT2D eigenvalue weighted by molar-refractivity contribution is -0.162. The molecular formula is C33H50O6Si. The number of ether oxygens (including phenoxy) is 4. The van der Waals surface area contributed by atoms with E-state index in [9.17, 15) is 4.79 Å². The minimum absolute atomic E-state index is 0.00644. The van der Waals surface area contributed by atoms with Crippen LogP contribution in [0.1, 0.15) is 79.1 Å². The van der Waals surface area contributed by atoms with Crippen molar-refractivity contribution < 1.29 is 28.2 Å². The summed E-state index contributed by atoms with van der Waals surface area (Å²) in [7, 11) is -2.78. The molecule has 40 heavy (non-hydrogen) atoms. The Labute approximate surface area is 242 Å². The lowest BCUT2D eigenvalue weighted by Gasteiger charge is -2.43. The first kappa shape index (κ1) is 32.5. The molecule has 2 unspecified atom stereocenters. The van der Waals surface area contributed by atoms with Gasteiger partial charge in [0.1, 0.15) is 0 Å². The van der Waals surface area contributed by atoms with Gasteiger partial charge in [-0.2, -0.15) is 0 Å². The Bertz CT molecular complexity index is 916. The van der Waals surface area contributed by atoms with Gasteiger partial charge in [-0.1, -0.05) is 101 Å². The second kappa shape index (κ2) is 17.0. The van der Waals surface area contributed by atoms with E-state index in [1.54, 1.807) is 0 Å². The van der Waals surface area contributed by atoms with E-state index >= 15 is 0 Å². The van der Waals surface area contributed by atoms with Crippen LogP contribution in [0.2, 0.25) is 5.04 Å². The van der Waals surface area contributed by atoms with Gasteiger partial charge in [0.25, 0.3) is 8.32 Å². The summed E-state index contributed by atoms with van der Waals surface area (Å²) in [6.45, 7) is 11.1. The molecule has 3 rings (SSSR count). The summed E-state index contributed by atoms with van der Waals surface area (Å²) in [4.78, 5) is 12.9. The van der Waals surface area contributed by atoms with Gasteiger partial charge in [-0.15, -0.1) is 0 Å². The first-order chi connectivity index (χ1) is 19.4. The third kappa shape index (κ3) is 9.52. The van der Waals surface area contributed by atoms with E-state index in [-0.39, 0.29) is 23.9 Å². The summed E-state index contributed by atoms with van der Waals surface area (Å²) in [5.41, 5.74) is 0. The summed E-state index contributed by atoms with van der Waals surface area (Å²) in [6.07, 6.45) is 7.79. The maximum absolute atomic E-state index is 12.9. The zero-order valence-corrected chi connectivity index (χ0v) is 26.1. The number of unbranched alkanes of at least 4 members (excludes halogenated alkanes) is 4. The van der Waals surface area contributed by atoms with Crippen molar-refractivity contribution in [2.45, 2.75) is 96.5 Å². The molecule has 0 spiro atoms. The second-order valence-electron chi connectivity index (χ2n) is 11.5. The summed E-state index contributed by atoms with van der Waals surface area (Å²) >= 11 is 0. The molecule has 7 heteroatoms. The molecule has 0 bridgehead atoms. The first-order valence-electron chi connectivity index (χ1n) is 15.1. The highest BCUT2D eigenvalue weighted by Crippen LogP contribution is 2.37. The third-order valence-electron chi connectivity index (χ3n) is 7.47. The highest BCUT2D eigenvalue weighted by Gasteiger charge is 2.50. The number of esters is 1. The van der Waals surface area contributed by atoms with E-state index < -0.39 is 14.4 Å². The largest absolute Gasteiger partial charge is 0.464 e. The van der Waals surface area contributed by atoms with Crippen LogP contribution in [-0.2, 0) is 28.2 Å². The van der Waals surface area contributed by atoms with Crippen LogP contribution in [0.5, 0.6) is 0 Å². The molecular weight excluding hydrogens is 520 g/mol. The van der Waals surface area contributed by atoms with Gasteiger partial charge in [-0.25, -0.2) is 4.79 Å². The van der Waals surface area contributed by atoms with Gasteiger partial charge in [0.2, 0.25) is 0 Å². The quantitative estimate of drug-likeness (QED) is 0.132. The average Bonchev–Trinajstić information content (AvgIpc) is 2.96. The smallest absolute Gasteiger partial charge is 0.337 e. The summed E-state index contributed by atoms with van der Waals surface area (Å²) in [5.74, 6) is -0.359. The fourth-order valence-electron chi connectivity index (χ4n) is 5.40. The standard InChI is InChI=1S/C33H50O6Si/c1-5-35-32(34)30(36-24-16-7-6-8-17-25-37-31-23-15-18-26-38-31)27-39-40(33(2,3)4,28-19-11-9-12-20-28)29-21-13-10-14-22-29/h9-14,19-22,30-31H,5-8,15-18,23-27H2,1-4H3. The number of rotatable bonds is 17. The normalized spacial score (nSPS) is 16.9. The Hall–Kier alpha value is -2.03. The molecule has 2 aromatic carbocycles. The van der Waals surface area contributed by atoms with Crippen LogP contribution in [-0.4, -0.2) is 59.7 Å². The van der Waals surface area contributed by atoms with Crippen molar-refractivity contribution in [3.63, 3.8) is 0 Å². The minimum Gasteiger partial charge on any atom is -0.464 e. The Morgan fingerprint density at radius 3 is 2.05 bits per heavy atom. The highest BCUT2D eigenvalue weighted by atomic mass is 28.4. The highest BCUT2D eigenvalue weighted by molar-refractivity contribution is 6.99. The van der Waals surface area contributed by atoms with E-state index in [0.717, 1.165) is 58.2 Å². The molecule has 1 heterocycles. The summed E-state index contributed by atoms with van der Waals surface area (Å²) in [5, 5.41) is 2.17. The molecule has 1 aliphatic rings. The Kier molecular flexibility index (Phi) is 13.8. The molecule has 0 saturated carbocycles. The van der Waals surface area contributed by atoms with Crippen molar-refractivity contribution in [2.24, 2.45) is 0 Å². The molecule has 0 aromatic heterocycles. The van der Waals surface area contributed by atoms with Crippen molar-refractivity contribution in [2.75, 3.05) is 33.0 Å². The first-order valence-corrected chi connectivity index (χ1v) is 17.1. The third-order valence-corrected chi connectivity index (χ3v) is 12.5. The SMILES string of the molecule is CCOC(=O)C(CO[Si](c1ccccc1)(c1ccccc1)C(C)(C)C)OCCCCCCCOC1CCCCO1. The van der Waals surface area contributed by atoms with E-state index in [2.05, 4.69) is 69.3 Å². The van der Waals surface area contributed by atoms with Crippen LogP contribution in [0.3, 0.4) is 0 Å². The lowest BCUT2D eigenvalue weighted by atomic mass is 10.1. The van der Waals surface area contributed by atoms with Gasteiger partial charge in [0.05, 0.1) is 13.2 Å². The van der Waals surface area contributed by atoms with Crippen molar-refractivity contribution in [1.29, 1.82) is 0 Å². The monoisotopic (exact) mass is 570 g/mol. The fraction of sp³-hybridized carbons (Fsp3) is 0.606. The minimum atomic E-state index is -2.78. The molecule has 2 aromatic rings. The molecule has 1 saturated heterocycles. The molecule has 1 fully saturated rings. The maximum atomic E-state index is 12.9. The van der Waals surface area contributed by atoms with Gasteiger partial charge < -0.3 is 23.4 Å². The average molecular weight is 571 g/mol. The van der Waals surface area contributed by atoms with Gasteiger partial charge >= 0.3 is 5.97 Å². The second-order valence-corrected chi connectivity index (χ2v) is 15.8. The van der Waals surface area contributed by atoms with Crippen molar-refractivity contribution in [1.82, 2.24) is 0 Å². The van der Waals surface area contributed by atoms with Crippen LogP contribution in [0, 0.1) is 0 Å². The van der Waals surface area contributed by atoms with Gasteiger partial charge in [-0.05, 0) is 54.4 Å². The Morgan fingerprint density at radius 1 is 0.900 bits per heavy atom. The predicted molar refractivity (Wildman–Crippen MR) is 163 cm³/mol. The number of carbonyl (C=O) groups is 1. The van der Waals surface area contributed by atoms with Crippen LogP contribution in [0.15, 0.2) is 60.7 Å². The van der Waals surface area contributed by atoms with E-state index in [0.29, 0.717) is 13.2 Å². The van der Waals surface area contributed by atoms with Crippen LogP contribution < -0.4 is 10.4 Å². The van der Waals surface area contributed by atoms with Crippen molar-refractivity contribution in [3.8, 4) is 0 Å². The number of hydrogen-bond acceptors (Lipinski definition) is 6. The fourth-order valence-corrected chi connectivity index (χ4v) is 9.96. The molecule has 0 radical (unpaired) electrons. The van der Waals surface area contributed by atoms with Crippen LogP contribution >= 0.6 is 0 Å². The number of hydrogen-bond donors (Lipinski definition) is 0. The van der Waals surface area contributed by atoms with Gasteiger partial charge in [0, 0.05) is 19.8 Å². The predicted octanol–water partition coefficient (Wildman–Crippen LogP) is 6.01. The number of benzene rings is 2. The maximum Gasteiger partial charge on any atom is 0.337 e. The molecule has 0 N–H and O–H groups in total. The zero-order chi connectivity index (χ0) is 28.7. The molecule has 1 aliphatic heterocycles. The molecule has 2 atom stereocenters. The topological polar surface area (TPSA) is 63.2 Å². The summed E-state index contributed by atoms with van der Waals surface area (Å²) in [6, 6.07) is 20.9.